The van der Waals surface area contributed by atoms with Crippen molar-refractivity contribution in [3.8, 4) is 23.6 Å². The molecule has 2 aromatic carbocycles. The highest BCUT2D eigenvalue weighted by molar-refractivity contribution is 5.54. The van der Waals surface area contributed by atoms with E-state index in [1.165, 1.54) is 0 Å². The summed E-state index contributed by atoms with van der Waals surface area (Å²) in [6.07, 6.45) is 0. The molecule has 3 nitrogen and oxygen atoms in total. The second-order valence-corrected chi connectivity index (χ2v) is 3.32. The predicted octanol–water partition coefficient (Wildman–Crippen LogP) is 6.30. The molecule has 0 heterocycles. The molecule has 0 radical (unpaired) electrons. The fraction of sp³-hybridized carbons (Fsp3) is 0.300. The first kappa shape index (κ1) is 22.5. The zero-order chi connectivity index (χ0) is 18.1. The lowest BCUT2D eigenvalue weighted by Gasteiger charge is -2.07. The van der Waals surface area contributed by atoms with E-state index in [0.717, 1.165) is 0 Å². The molecule has 23 heavy (non-hydrogen) atoms. The first-order valence-corrected chi connectivity index (χ1v) is 8.01. The second-order valence-electron chi connectivity index (χ2n) is 3.32. The van der Waals surface area contributed by atoms with Crippen LogP contribution in [0.5, 0.6) is 11.5 Å². The van der Waals surface area contributed by atoms with Gasteiger partial charge in [-0.05, 0) is 24.3 Å². The van der Waals surface area contributed by atoms with E-state index in [4.69, 9.17) is 15.3 Å². The molecule has 0 spiro atoms. The van der Waals surface area contributed by atoms with Gasteiger partial charge in [-0.15, -0.1) is 0 Å². The molecule has 0 fully saturated rings. The lowest BCUT2D eigenvalue weighted by Crippen LogP contribution is -1.91. The Labute approximate surface area is 140 Å². The molecular formula is C20H26N2O. The van der Waals surface area contributed by atoms with Gasteiger partial charge in [-0.2, -0.15) is 10.5 Å². The average Bonchev–Trinajstić information content (AvgIpc) is 2.67. The van der Waals surface area contributed by atoms with Crippen molar-refractivity contribution in [3.05, 3.63) is 59.7 Å². The van der Waals surface area contributed by atoms with Gasteiger partial charge in [0.05, 0.1) is 5.56 Å². The monoisotopic (exact) mass is 310 g/mol. The number of benzene rings is 2. The van der Waals surface area contributed by atoms with E-state index < -0.39 is 0 Å². The normalized spacial score (nSPS) is 7.48. The number of nitriles is 2. The third-order valence-corrected chi connectivity index (χ3v) is 2.23. The van der Waals surface area contributed by atoms with E-state index >= 15 is 0 Å². The molecule has 122 valence electrons. The Morgan fingerprint density at radius 1 is 0.696 bits per heavy atom. The van der Waals surface area contributed by atoms with Crippen molar-refractivity contribution in [2.75, 3.05) is 0 Å². The lowest BCUT2D eigenvalue weighted by atomic mass is 10.1. The van der Waals surface area contributed by atoms with Crippen LogP contribution in [0.2, 0.25) is 0 Å². The standard InChI is InChI=1S/C14H8N2O.3C2H6/c15-9-11-5-4-8-14(13(11)10-16)17-12-6-2-1-3-7-12;3*1-2/h1-8H;3*1-2H3. The van der Waals surface area contributed by atoms with Crippen LogP contribution >= 0.6 is 0 Å². The van der Waals surface area contributed by atoms with Crippen LogP contribution in [0.3, 0.4) is 0 Å². The Morgan fingerprint density at radius 3 is 1.74 bits per heavy atom. The average molecular weight is 310 g/mol. The van der Waals surface area contributed by atoms with Crippen molar-refractivity contribution in [2.45, 2.75) is 41.5 Å². The van der Waals surface area contributed by atoms with Crippen LogP contribution in [-0.2, 0) is 0 Å². The molecular weight excluding hydrogens is 284 g/mol. The van der Waals surface area contributed by atoms with Crippen LogP contribution in [-0.4, -0.2) is 0 Å². The van der Waals surface area contributed by atoms with Crippen LogP contribution in [0.25, 0.3) is 0 Å². The van der Waals surface area contributed by atoms with Gasteiger partial charge in [-0.25, -0.2) is 0 Å². The van der Waals surface area contributed by atoms with E-state index in [2.05, 4.69) is 0 Å². The molecule has 0 aliphatic rings. The number of ether oxygens (including phenoxy) is 1. The summed E-state index contributed by atoms with van der Waals surface area (Å²) in [6.45, 7) is 12.0. The molecule has 0 saturated carbocycles. The first-order chi connectivity index (χ1) is 11.3. The molecule has 0 aromatic heterocycles. The second kappa shape index (κ2) is 15.6. The summed E-state index contributed by atoms with van der Waals surface area (Å²) in [5, 5.41) is 17.9. The van der Waals surface area contributed by atoms with Crippen LogP contribution in [0, 0.1) is 22.7 Å². The van der Waals surface area contributed by atoms with Gasteiger partial charge in [-0.3, -0.25) is 0 Å². The lowest BCUT2D eigenvalue weighted by molar-refractivity contribution is 0.481. The highest BCUT2D eigenvalue weighted by Crippen LogP contribution is 2.26. The Balaban J connectivity index is 0. The minimum Gasteiger partial charge on any atom is -0.456 e. The van der Waals surface area contributed by atoms with Crippen molar-refractivity contribution >= 4 is 0 Å². The van der Waals surface area contributed by atoms with Gasteiger partial charge >= 0.3 is 0 Å². The van der Waals surface area contributed by atoms with Crippen molar-refractivity contribution in [2.24, 2.45) is 0 Å². The van der Waals surface area contributed by atoms with Gasteiger partial charge in [0.25, 0.3) is 0 Å². The van der Waals surface area contributed by atoms with E-state index in [9.17, 15) is 0 Å². The van der Waals surface area contributed by atoms with Crippen molar-refractivity contribution in [1.82, 2.24) is 0 Å². The maximum atomic E-state index is 9.03. The largest absolute Gasteiger partial charge is 0.456 e. The van der Waals surface area contributed by atoms with Gasteiger partial charge in [-0.1, -0.05) is 65.8 Å². The Morgan fingerprint density at radius 2 is 1.26 bits per heavy atom. The highest BCUT2D eigenvalue weighted by atomic mass is 16.5. The van der Waals surface area contributed by atoms with Crippen molar-refractivity contribution in [3.63, 3.8) is 0 Å². The molecule has 0 aliphatic carbocycles. The van der Waals surface area contributed by atoms with Crippen LogP contribution in [0.4, 0.5) is 0 Å². The van der Waals surface area contributed by atoms with Crippen molar-refractivity contribution < 1.29 is 4.74 Å². The topological polar surface area (TPSA) is 56.8 Å². The maximum Gasteiger partial charge on any atom is 0.146 e. The van der Waals surface area contributed by atoms with Gasteiger partial charge in [0, 0.05) is 0 Å². The minimum atomic E-state index is 0.263. The third-order valence-electron chi connectivity index (χ3n) is 2.23. The smallest absolute Gasteiger partial charge is 0.146 e. The number of rotatable bonds is 2. The van der Waals surface area contributed by atoms with Gasteiger partial charge in [0.2, 0.25) is 0 Å². The molecule has 0 amide bonds. The number of hydrogen-bond donors (Lipinski definition) is 0. The van der Waals surface area contributed by atoms with E-state index in [1.807, 2.05) is 71.9 Å². The predicted molar refractivity (Wildman–Crippen MR) is 96.4 cm³/mol. The van der Waals surface area contributed by atoms with Crippen molar-refractivity contribution in [1.29, 1.82) is 10.5 Å². The van der Waals surface area contributed by atoms with Crippen LogP contribution < -0.4 is 4.74 Å². The fourth-order valence-electron chi connectivity index (χ4n) is 1.44. The summed E-state index contributed by atoms with van der Waals surface area (Å²) < 4.78 is 5.57. The molecule has 0 saturated heterocycles. The van der Waals surface area contributed by atoms with Gasteiger partial charge < -0.3 is 4.74 Å². The molecule has 2 rings (SSSR count). The molecule has 0 atom stereocenters. The minimum absolute atomic E-state index is 0.263. The molecule has 0 bridgehead atoms. The SMILES string of the molecule is CC.CC.CC.N#Cc1cccc(Oc2ccccc2)c1C#N. The van der Waals surface area contributed by atoms with Gasteiger partial charge in [0.1, 0.15) is 29.2 Å². The summed E-state index contributed by atoms with van der Waals surface area (Å²) in [6, 6.07) is 18.1. The van der Waals surface area contributed by atoms with Crippen LogP contribution in [0.15, 0.2) is 48.5 Å². The summed E-state index contributed by atoms with van der Waals surface area (Å²) in [4.78, 5) is 0. The number of para-hydroxylation sites is 1. The zero-order valence-electron chi connectivity index (χ0n) is 14.9. The summed E-state index contributed by atoms with van der Waals surface area (Å²) in [5.41, 5.74) is 0.583. The molecule has 0 N–H and O–H groups in total. The Bertz CT molecular complexity index is 608. The summed E-state index contributed by atoms with van der Waals surface area (Å²) in [5.74, 6) is 1.04. The zero-order valence-corrected chi connectivity index (χ0v) is 14.9. The van der Waals surface area contributed by atoms with E-state index in [1.54, 1.807) is 30.3 Å². The molecule has 2 aromatic rings. The molecule has 3 heteroatoms. The maximum absolute atomic E-state index is 9.03. The van der Waals surface area contributed by atoms with E-state index in [-0.39, 0.29) is 5.56 Å². The first-order valence-electron chi connectivity index (χ1n) is 8.01. The summed E-state index contributed by atoms with van der Waals surface area (Å²) in [7, 11) is 0. The Kier molecular flexibility index (Phi) is 15.3. The highest BCUT2D eigenvalue weighted by Gasteiger charge is 2.09. The fourth-order valence-corrected chi connectivity index (χ4v) is 1.44. The van der Waals surface area contributed by atoms with Crippen LogP contribution in [0.1, 0.15) is 52.7 Å². The Hall–Kier alpha value is -2.78. The quantitative estimate of drug-likeness (QED) is 0.654. The van der Waals surface area contributed by atoms with Gasteiger partial charge in [0.15, 0.2) is 0 Å². The third kappa shape index (κ3) is 7.69. The molecule has 0 unspecified atom stereocenters. The molecule has 0 aliphatic heterocycles. The number of nitrogens with zero attached hydrogens (tertiary/aromatic N) is 2. The summed E-state index contributed by atoms with van der Waals surface area (Å²) >= 11 is 0. The number of hydrogen-bond acceptors (Lipinski definition) is 3. The van der Waals surface area contributed by atoms with E-state index in [0.29, 0.717) is 17.1 Å².